The van der Waals surface area contributed by atoms with Crippen LogP contribution in [0.3, 0.4) is 0 Å². The Morgan fingerprint density at radius 3 is 1.81 bits per heavy atom. The Kier molecular flexibility index (Phi) is 7.64. The molecule has 0 aromatic rings. The van der Waals surface area contributed by atoms with Crippen molar-refractivity contribution in [3.63, 3.8) is 0 Å². The van der Waals surface area contributed by atoms with Crippen LogP contribution in [-0.2, 0) is 33.2 Å². The van der Waals surface area contributed by atoms with Crippen molar-refractivity contribution in [1.29, 1.82) is 0 Å². The van der Waals surface area contributed by atoms with E-state index in [4.69, 9.17) is 33.2 Å². The Morgan fingerprint density at radius 2 is 1.31 bits per heavy atom. The van der Waals surface area contributed by atoms with Gasteiger partial charge in [0, 0.05) is 6.42 Å². The molecular weight excluding hydrogens is 424 g/mol. The molecule has 32 heavy (non-hydrogen) atoms. The fourth-order valence-corrected chi connectivity index (χ4v) is 5.79. The van der Waals surface area contributed by atoms with Gasteiger partial charge in [-0.2, -0.15) is 0 Å². The molecule has 5 aliphatic rings. The molecule has 5 rings (SSSR count). The summed E-state index contributed by atoms with van der Waals surface area (Å²) in [6, 6.07) is 0. The van der Waals surface area contributed by atoms with Crippen molar-refractivity contribution in [2.45, 2.75) is 82.2 Å². The number of rotatable bonds is 9. The summed E-state index contributed by atoms with van der Waals surface area (Å²) < 4.78 is 38.3. The predicted octanol–water partition coefficient (Wildman–Crippen LogP) is 0.321. The monoisotopic (exact) mass is 460 g/mol. The molecule has 10 nitrogen and oxygen atoms in total. The quantitative estimate of drug-likeness (QED) is 0.443. The van der Waals surface area contributed by atoms with Crippen LogP contribution < -0.4 is 0 Å². The van der Waals surface area contributed by atoms with Crippen LogP contribution in [0.5, 0.6) is 0 Å². The van der Waals surface area contributed by atoms with E-state index in [-0.39, 0.29) is 24.4 Å². The number of aliphatic hydroxyl groups excluding tert-OH is 3. The molecule has 0 bridgehead atoms. The van der Waals surface area contributed by atoms with Crippen LogP contribution in [0, 0.1) is 23.7 Å². The van der Waals surface area contributed by atoms with Crippen LogP contribution in [-0.4, -0.2) is 92.0 Å². The topological polar surface area (TPSA) is 125 Å². The molecule has 0 amide bonds. The summed E-state index contributed by atoms with van der Waals surface area (Å²) in [4.78, 5) is 0. The second kappa shape index (κ2) is 10.5. The maximum absolute atomic E-state index is 9.62. The average molecular weight is 461 g/mol. The standard InChI is InChI=1S/C22H36O10/c23-20-2-12(7-28-20)1-13-5-19(13)14-3-15(26-8-17-10-29-21(24)31-17)6-16(4-14)27-9-18-11-30-22(25)32-18/h12-25H,1-11H2. The van der Waals surface area contributed by atoms with E-state index in [2.05, 4.69) is 0 Å². The number of hydrogen-bond acceptors (Lipinski definition) is 10. The van der Waals surface area contributed by atoms with Gasteiger partial charge in [-0.3, -0.25) is 0 Å². The zero-order chi connectivity index (χ0) is 22.1. The zero-order valence-electron chi connectivity index (χ0n) is 18.3. The van der Waals surface area contributed by atoms with Crippen LogP contribution in [0.2, 0.25) is 0 Å². The SMILES string of the molecule is OC1CC(CC2CC2C2CC(OCC3COC(O)O3)CC(OCC3COC(O)O3)C2)CO1. The first kappa shape index (κ1) is 23.3. The largest absolute Gasteiger partial charge is 0.375 e. The van der Waals surface area contributed by atoms with Gasteiger partial charge in [0.2, 0.25) is 0 Å². The molecular formula is C22H36O10. The van der Waals surface area contributed by atoms with Crippen LogP contribution in [0.1, 0.15) is 38.5 Å². The fourth-order valence-electron chi connectivity index (χ4n) is 5.79. The Hall–Kier alpha value is -0.400. The van der Waals surface area contributed by atoms with Gasteiger partial charge in [0.05, 0.1) is 45.2 Å². The summed E-state index contributed by atoms with van der Waals surface area (Å²) in [7, 11) is 0. The summed E-state index contributed by atoms with van der Waals surface area (Å²) in [5, 5.41) is 28.4. The number of aliphatic hydroxyl groups is 3. The lowest BCUT2D eigenvalue weighted by Gasteiger charge is -2.36. The summed E-state index contributed by atoms with van der Waals surface area (Å²) in [5.41, 5.74) is 0. The van der Waals surface area contributed by atoms with E-state index in [1.165, 1.54) is 6.42 Å². The van der Waals surface area contributed by atoms with Crippen LogP contribution in [0.15, 0.2) is 0 Å². The van der Waals surface area contributed by atoms with Crippen molar-refractivity contribution in [2.24, 2.45) is 23.7 Å². The highest BCUT2D eigenvalue weighted by Gasteiger charge is 2.47. The van der Waals surface area contributed by atoms with E-state index in [1.807, 2.05) is 0 Å². The number of hydrogen-bond donors (Lipinski definition) is 3. The highest BCUT2D eigenvalue weighted by atomic mass is 16.8. The molecule has 5 fully saturated rings. The van der Waals surface area contributed by atoms with Crippen molar-refractivity contribution in [2.75, 3.05) is 33.0 Å². The Labute approximate surface area is 188 Å². The van der Waals surface area contributed by atoms with Crippen LogP contribution in [0.25, 0.3) is 0 Å². The Balaban J connectivity index is 1.12. The molecule has 0 aromatic carbocycles. The van der Waals surface area contributed by atoms with Gasteiger partial charge >= 0.3 is 0 Å². The smallest absolute Gasteiger partial charge is 0.269 e. The Bertz CT molecular complexity index is 575. The van der Waals surface area contributed by atoms with Gasteiger partial charge in [0.25, 0.3) is 13.0 Å². The maximum atomic E-state index is 9.62. The van der Waals surface area contributed by atoms with Gasteiger partial charge in [0.1, 0.15) is 12.2 Å². The van der Waals surface area contributed by atoms with Gasteiger partial charge in [-0.1, -0.05) is 0 Å². The molecule has 3 saturated heterocycles. The molecule has 10 unspecified atom stereocenters. The average Bonchev–Trinajstić information content (AvgIpc) is 3.05. The van der Waals surface area contributed by atoms with Crippen LogP contribution in [0.4, 0.5) is 0 Å². The van der Waals surface area contributed by atoms with E-state index >= 15 is 0 Å². The second-order valence-electron chi connectivity index (χ2n) is 9.96. The van der Waals surface area contributed by atoms with Crippen LogP contribution >= 0.6 is 0 Å². The fraction of sp³-hybridized carbons (Fsp3) is 1.00. The maximum Gasteiger partial charge on any atom is 0.269 e. The minimum atomic E-state index is -1.16. The minimum Gasteiger partial charge on any atom is -0.375 e. The normalized spacial score (nSPS) is 49.0. The molecule has 0 spiro atoms. The first-order chi connectivity index (χ1) is 15.5. The lowest BCUT2D eigenvalue weighted by Crippen LogP contribution is -2.37. The van der Waals surface area contributed by atoms with E-state index in [0.29, 0.717) is 56.7 Å². The highest BCUT2D eigenvalue weighted by Crippen LogP contribution is 2.53. The van der Waals surface area contributed by atoms with Crippen molar-refractivity contribution in [3.05, 3.63) is 0 Å². The van der Waals surface area contributed by atoms with Crippen molar-refractivity contribution < 1.29 is 48.5 Å². The van der Waals surface area contributed by atoms with Crippen molar-refractivity contribution in [3.8, 4) is 0 Å². The van der Waals surface area contributed by atoms with E-state index in [9.17, 15) is 15.3 Å². The number of ether oxygens (including phenoxy) is 7. The third-order valence-electron chi connectivity index (χ3n) is 7.44. The first-order valence-electron chi connectivity index (χ1n) is 11.9. The van der Waals surface area contributed by atoms with Gasteiger partial charge in [-0.05, 0) is 55.8 Å². The van der Waals surface area contributed by atoms with Gasteiger partial charge in [-0.25, -0.2) is 0 Å². The van der Waals surface area contributed by atoms with E-state index < -0.39 is 19.2 Å². The van der Waals surface area contributed by atoms with Gasteiger partial charge in [-0.15, -0.1) is 0 Å². The third kappa shape index (κ3) is 6.18. The molecule has 2 aliphatic carbocycles. The first-order valence-corrected chi connectivity index (χ1v) is 11.9. The van der Waals surface area contributed by atoms with E-state index in [0.717, 1.165) is 32.1 Å². The highest BCUT2D eigenvalue weighted by molar-refractivity contribution is 4.97. The molecule has 10 heteroatoms. The van der Waals surface area contributed by atoms with Crippen molar-refractivity contribution in [1.82, 2.24) is 0 Å². The predicted molar refractivity (Wildman–Crippen MR) is 107 cm³/mol. The summed E-state index contributed by atoms with van der Waals surface area (Å²) in [6.07, 6.45) is 4.87. The molecule has 3 N–H and O–H groups in total. The molecule has 184 valence electrons. The molecule has 3 aliphatic heterocycles. The summed E-state index contributed by atoms with van der Waals surface area (Å²) in [6.45, 7) is -0.216. The molecule has 3 heterocycles. The zero-order valence-corrected chi connectivity index (χ0v) is 18.3. The van der Waals surface area contributed by atoms with Gasteiger partial charge < -0.3 is 48.5 Å². The minimum absolute atomic E-state index is 0.0596. The lowest BCUT2D eigenvalue weighted by atomic mass is 9.81. The molecule has 10 atom stereocenters. The molecule has 0 radical (unpaired) electrons. The lowest BCUT2D eigenvalue weighted by molar-refractivity contribution is -0.211. The second-order valence-corrected chi connectivity index (χ2v) is 9.96. The van der Waals surface area contributed by atoms with Crippen molar-refractivity contribution >= 4 is 0 Å². The summed E-state index contributed by atoms with van der Waals surface area (Å²) in [5.74, 6) is 2.32. The summed E-state index contributed by atoms with van der Waals surface area (Å²) >= 11 is 0. The van der Waals surface area contributed by atoms with E-state index in [1.54, 1.807) is 0 Å². The molecule has 0 aromatic heterocycles. The third-order valence-corrected chi connectivity index (χ3v) is 7.44. The molecule has 2 saturated carbocycles. The van der Waals surface area contributed by atoms with Gasteiger partial charge in [0.15, 0.2) is 6.29 Å². The Morgan fingerprint density at radius 1 is 0.688 bits per heavy atom.